The summed E-state index contributed by atoms with van der Waals surface area (Å²) in [5.41, 5.74) is 0. The van der Waals surface area contributed by atoms with Gasteiger partial charge in [-0.1, -0.05) is 0 Å². The first-order chi connectivity index (χ1) is 5.22. The Morgan fingerprint density at radius 1 is 1.18 bits per heavy atom. The van der Waals surface area contributed by atoms with Crippen LogP contribution in [0.3, 0.4) is 0 Å². The maximum absolute atomic E-state index is 7.69. The zero-order chi connectivity index (χ0) is 8.27. The molecule has 1 aliphatic rings. The molecule has 0 aromatic heterocycles. The van der Waals surface area contributed by atoms with Crippen molar-refractivity contribution in [2.75, 3.05) is 27.2 Å². The Balaban J connectivity index is 2.39. The lowest BCUT2D eigenvalue weighted by Crippen LogP contribution is -2.45. The highest BCUT2D eigenvalue weighted by Gasteiger charge is 2.21. The highest BCUT2D eigenvalue weighted by Crippen LogP contribution is 2.08. The van der Waals surface area contributed by atoms with E-state index >= 15 is 0 Å². The molecule has 0 aromatic carbocycles. The molecule has 1 aliphatic heterocycles. The molecule has 11 heavy (non-hydrogen) atoms. The lowest BCUT2D eigenvalue weighted by molar-refractivity contribution is 0.322. The van der Waals surface area contributed by atoms with Gasteiger partial charge in [-0.25, -0.2) is 5.41 Å². The van der Waals surface area contributed by atoms with E-state index in [1.165, 1.54) is 19.3 Å². The van der Waals surface area contributed by atoms with Gasteiger partial charge in [0.25, 0.3) is 0 Å². The number of nitrogens with one attached hydrogen (secondary N) is 1. The van der Waals surface area contributed by atoms with Crippen molar-refractivity contribution >= 4 is 5.96 Å². The van der Waals surface area contributed by atoms with Crippen LogP contribution in [-0.2, 0) is 0 Å². The minimum absolute atomic E-state index is 0.657. The van der Waals surface area contributed by atoms with Gasteiger partial charge in [0.05, 0.1) is 0 Å². The first-order valence-corrected chi connectivity index (χ1v) is 4.22. The lowest BCUT2D eigenvalue weighted by atomic mass is 10.1. The minimum atomic E-state index is 0.657. The summed E-state index contributed by atoms with van der Waals surface area (Å²) in [6.45, 7) is 2.13. The van der Waals surface area contributed by atoms with Gasteiger partial charge in [0.15, 0.2) is 0 Å². The predicted octanol–water partition coefficient (Wildman–Crippen LogP) is 0.807. The molecule has 1 rings (SSSR count). The molecule has 1 heterocycles. The third-order valence-corrected chi connectivity index (χ3v) is 2.08. The molecule has 0 amide bonds. The van der Waals surface area contributed by atoms with E-state index in [-0.39, 0.29) is 0 Å². The normalized spacial score (nSPS) is 19.0. The molecular weight excluding hydrogens is 138 g/mol. The van der Waals surface area contributed by atoms with Crippen molar-refractivity contribution in [3.8, 4) is 0 Å². The number of piperidine rings is 1. The predicted molar refractivity (Wildman–Crippen MR) is 47.1 cm³/mol. The van der Waals surface area contributed by atoms with Crippen molar-refractivity contribution in [1.82, 2.24) is 9.80 Å². The van der Waals surface area contributed by atoms with Crippen LogP contribution >= 0.6 is 0 Å². The van der Waals surface area contributed by atoms with E-state index in [0.29, 0.717) is 5.96 Å². The molecule has 63 valence electrons. The Labute approximate surface area is 68.5 Å². The van der Waals surface area contributed by atoms with E-state index in [1.54, 1.807) is 0 Å². The zero-order valence-electron chi connectivity index (χ0n) is 7.43. The topological polar surface area (TPSA) is 33.0 Å². The monoisotopic (exact) mass is 155 g/mol. The Hall–Kier alpha value is -0.570. The summed E-state index contributed by atoms with van der Waals surface area (Å²) < 4.78 is 0. The maximum atomic E-state index is 7.69. The number of hydrogen-bond donors (Lipinski definition) is 1. The number of hydrogen-bond acceptors (Lipinski definition) is 1. The zero-order valence-corrected chi connectivity index (χ0v) is 7.43. The molecule has 1 N–H and O–H groups in total. The van der Waals surface area contributed by atoms with Crippen LogP contribution in [0.4, 0.5) is 0 Å². The largest absolute Gasteiger partial charge is 0.346 e. The summed E-state index contributed by atoms with van der Waals surface area (Å²) in [6, 6.07) is 0. The fraction of sp³-hybridized carbons (Fsp3) is 0.875. The fourth-order valence-electron chi connectivity index (χ4n) is 1.39. The van der Waals surface area contributed by atoms with Crippen molar-refractivity contribution in [2.45, 2.75) is 19.3 Å². The maximum Gasteiger partial charge on any atom is 0.346 e. The molecule has 0 bridgehead atoms. The molecule has 0 aromatic rings. The van der Waals surface area contributed by atoms with Crippen LogP contribution in [0.5, 0.6) is 0 Å². The summed E-state index contributed by atoms with van der Waals surface area (Å²) in [5, 5.41) is 7.69. The first kappa shape index (κ1) is 8.53. The van der Waals surface area contributed by atoms with Crippen molar-refractivity contribution in [3.63, 3.8) is 0 Å². The molecule has 0 atom stereocenters. The van der Waals surface area contributed by atoms with Gasteiger partial charge < -0.3 is 4.90 Å². The van der Waals surface area contributed by atoms with Gasteiger partial charge in [-0.15, -0.1) is 4.90 Å². The fourth-order valence-corrected chi connectivity index (χ4v) is 1.39. The van der Waals surface area contributed by atoms with E-state index in [2.05, 4.69) is 4.90 Å². The van der Waals surface area contributed by atoms with Gasteiger partial charge in [-0.05, 0) is 19.3 Å². The summed E-state index contributed by atoms with van der Waals surface area (Å²) in [5.74, 6) is 0.657. The van der Waals surface area contributed by atoms with Gasteiger partial charge in [0.2, 0.25) is 0 Å². The Bertz CT molecular complexity index is 136. The number of nitrogens with zero attached hydrogens (tertiary/aromatic N) is 2. The number of likely N-dealkylation sites (tertiary alicyclic amines) is 1. The summed E-state index contributed by atoms with van der Waals surface area (Å²) in [7, 11) is 3.86. The quantitative estimate of drug-likeness (QED) is 0.313. The van der Waals surface area contributed by atoms with Crippen LogP contribution in [0.15, 0.2) is 0 Å². The summed E-state index contributed by atoms with van der Waals surface area (Å²) >= 11 is 0. The van der Waals surface area contributed by atoms with Crippen molar-refractivity contribution < 1.29 is 0 Å². The highest BCUT2D eigenvalue weighted by atomic mass is 15.3. The van der Waals surface area contributed by atoms with Gasteiger partial charge >= 0.3 is 5.96 Å². The molecule has 3 nitrogen and oxygen atoms in total. The molecule has 1 radical (unpaired) electrons. The van der Waals surface area contributed by atoms with E-state index in [9.17, 15) is 0 Å². The number of guanidine groups is 1. The average Bonchev–Trinajstić information content (AvgIpc) is 2.05. The summed E-state index contributed by atoms with van der Waals surface area (Å²) in [4.78, 5) is 4.01. The highest BCUT2D eigenvalue weighted by molar-refractivity contribution is 5.78. The lowest BCUT2D eigenvalue weighted by Gasteiger charge is -2.25. The number of rotatable bonds is 0. The van der Waals surface area contributed by atoms with Crippen LogP contribution < -0.4 is 4.90 Å². The molecule has 0 aliphatic carbocycles. The van der Waals surface area contributed by atoms with Gasteiger partial charge in [-0.2, -0.15) is 0 Å². The summed E-state index contributed by atoms with van der Waals surface area (Å²) in [6.07, 6.45) is 3.82. The standard InChI is InChI=1S/C8H17N3/c1-10(2)8(9)11-6-4-3-5-7-11/h9H,3-7H2,1-2H3/q+1. The Kier molecular flexibility index (Phi) is 2.88. The van der Waals surface area contributed by atoms with Crippen molar-refractivity contribution in [1.29, 1.82) is 5.41 Å². The average molecular weight is 155 g/mol. The van der Waals surface area contributed by atoms with Gasteiger partial charge in [0.1, 0.15) is 14.1 Å². The minimum Gasteiger partial charge on any atom is -0.307 e. The van der Waals surface area contributed by atoms with E-state index in [1.807, 2.05) is 19.0 Å². The molecule has 1 fully saturated rings. The van der Waals surface area contributed by atoms with Crippen LogP contribution in [0.1, 0.15) is 19.3 Å². The third kappa shape index (κ3) is 2.19. The van der Waals surface area contributed by atoms with Crippen molar-refractivity contribution in [3.05, 3.63) is 0 Å². The smallest absolute Gasteiger partial charge is 0.307 e. The third-order valence-electron chi connectivity index (χ3n) is 2.08. The SMILES string of the molecule is C[N+](C)C(=N)N1CCCCC1. The van der Waals surface area contributed by atoms with Crippen molar-refractivity contribution in [2.24, 2.45) is 0 Å². The molecule has 3 heteroatoms. The van der Waals surface area contributed by atoms with Crippen LogP contribution in [-0.4, -0.2) is 38.0 Å². The Morgan fingerprint density at radius 2 is 1.73 bits per heavy atom. The second kappa shape index (κ2) is 3.72. The van der Waals surface area contributed by atoms with Crippen LogP contribution in [0.2, 0.25) is 0 Å². The Morgan fingerprint density at radius 3 is 2.18 bits per heavy atom. The van der Waals surface area contributed by atoms with Gasteiger partial charge in [-0.3, -0.25) is 0 Å². The molecule has 0 unspecified atom stereocenters. The first-order valence-electron chi connectivity index (χ1n) is 4.22. The molecule has 0 saturated carbocycles. The van der Waals surface area contributed by atoms with E-state index in [4.69, 9.17) is 5.41 Å². The van der Waals surface area contributed by atoms with E-state index < -0.39 is 0 Å². The van der Waals surface area contributed by atoms with Crippen LogP contribution in [0, 0.1) is 5.41 Å². The van der Waals surface area contributed by atoms with Gasteiger partial charge in [0, 0.05) is 13.1 Å². The molecule has 1 saturated heterocycles. The second-order valence-electron chi connectivity index (χ2n) is 3.27. The van der Waals surface area contributed by atoms with E-state index in [0.717, 1.165) is 13.1 Å². The van der Waals surface area contributed by atoms with Crippen LogP contribution in [0.25, 0.3) is 0 Å². The molecule has 0 spiro atoms. The molecular formula is C8H17N3+. The second-order valence-corrected chi connectivity index (χ2v) is 3.27.